The minimum atomic E-state index is -0.299. The van der Waals surface area contributed by atoms with E-state index in [1.54, 1.807) is 0 Å². The molecule has 1 aliphatic carbocycles. The van der Waals surface area contributed by atoms with E-state index >= 15 is 0 Å². The number of ether oxygens (including phenoxy) is 1. The van der Waals surface area contributed by atoms with Crippen LogP contribution in [0.2, 0.25) is 0 Å². The SMILES string of the molecule is CCCC1(CNC2COCC2O)CC1. The van der Waals surface area contributed by atoms with Gasteiger partial charge in [0.1, 0.15) is 0 Å². The molecule has 0 aromatic rings. The first-order valence-electron chi connectivity index (χ1n) is 5.75. The highest BCUT2D eigenvalue weighted by Crippen LogP contribution is 2.49. The lowest BCUT2D eigenvalue weighted by Crippen LogP contribution is -2.41. The normalized spacial score (nSPS) is 34.7. The van der Waals surface area contributed by atoms with Crippen LogP contribution in [0.1, 0.15) is 32.6 Å². The number of aliphatic hydroxyl groups is 1. The van der Waals surface area contributed by atoms with Gasteiger partial charge in [0.25, 0.3) is 0 Å². The molecule has 0 aromatic carbocycles. The molecule has 2 fully saturated rings. The van der Waals surface area contributed by atoms with E-state index < -0.39 is 0 Å². The van der Waals surface area contributed by atoms with Gasteiger partial charge in [-0.05, 0) is 24.7 Å². The van der Waals surface area contributed by atoms with Crippen molar-refractivity contribution in [3.05, 3.63) is 0 Å². The fourth-order valence-corrected chi connectivity index (χ4v) is 2.31. The summed E-state index contributed by atoms with van der Waals surface area (Å²) in [6.07, 6.45) is 5.01. The third-order valence-corrected chi connectivity index (χ3v) is 3.53. The lowest BCUT2D eigenvalue weighted by Gasteiger charge is -2.20. The van der Waals surface area contributed by atoms with Crippen molar-refractivity contribution < 1.29 is 9.84 Å². The molecule has 2 N–H and O–H groups in total. The molecule has 0 amide bonds. The number of rotatable bonds is 5. The Balaban J connectivity index is 1.71. The lowest BCUT2D eigenvalue weighted by molar-refractivity contribution is 0.121. The van der Waals surface area contributed by atoms with Crippen molar-refractivity contribution in [2.45, 2.75) is 44.8 Å². The quantitative estimate of drug-likeness (QED) is 0.691. The van der Waals surface area contributed by atoms with Crippen molar-refractivity contribution in [3.8, 4) is 0 Å². The molecule has 1 aliphatic heterocycles. The van der Waals surface area contributed by atoms with Crippen LogP contribution in [0.3, 0.4) is 0 Å². The smallest absolute Gasteiger partial charge is 0.0948 e. The maximum atomic E-state index is 9.55. The maximum Gasteiger partial charge on any atom is 0.0948 e. The highest BCUT2D eigenvalue weighted by Gasteiger charge is 2.42. The van der Waals surface area contributed by atoms with E-state index in [-0.39, 0.29) is 12.1 Å². The highest BCUT2D eigenvalue weighted by molar-refractivity contribution is 4.96. The molecular weight excluding hydrogens is 178 g/mol. The molecule has 0 bridgehead atoms. The van der Waals surface area contributed by atoms with E-state index in [1.165, 1.54) is 25.7 Å². The summed E-state index contributed by atoms with van der Waals surface area (Å²) in [5.74, 6) is 0. The van der Waals surface area contributed by atoms with Gasteiger partial charge in [0.2, 0.25) is 0 Å². The first kappa shape index (κ1) is 10.4. The molecule has 3 nitrogen and oxygen atoms in total. The van der Waals surface area contributed by atoms with Crippen LogP contribution >= 0.6 is 0 Å². The molecule has 2 atom stereocenters. The van der Waals surface area contributed by atoms with Crippen LogP contribution in [-0.4, -0.2) is 37.0 Å². The largest absolute Gasteiger partial charge is 0.389 e. The number of aliphatic hydroxyl groups excluding tert-OH is 1. The predicted octanol–water partition coefficient (Wildman–Crippen LogP) is 0.916. The minimum absolute atomic E-state index is 0.171. The zero-order valence-corrected chi connectivity index (χ0v) is 8.96. The van der Waals surface area contributed by atoms with Gasteiger partial charge in [0.05, 0.1) is 25.4 Å². The molecule has 1 saturated heterocycles. The van der Waals surface area contributed by atoms with Gasteiger partial charge >= 0.3 is 0 Å². The standard InChI is InChI=1S/C11H21NO2/c1-2-3-11(4-5-11)8-12-9-6-14-7-10(9)13/h9-10,12-13H,2-8H2,1H3. The Morgan fingerprint density at radius 2 is 2.21 bits per heavy atom. The first-order valence-corrected chi connectivity index (χ1v) is 5.75. The van der Waals surface area contributed by atoms with Crippen molar-refractivity contribution in [1.29, 1.82) is 0 Å². The molecule has 2 unspecified atom stereocenters. The number of hydrogen-bond donors (Lipinski definition) is 2. The minimum Gasteiger partial charge on any atom is -0.389 e. The summed E-state index contributed by atoms with van der Waals surface area (Å²) >= 11 is 0. The maximum absolute atomic E-state index is 9.55. The Bertz CT molecular complexity index is 192. The Morgan fingerprint density at radius 1 is 1.43 bits per heavy atom. The van der Waals surface area contributed by atoms with E-state index in [2.05, 4.69) is 12.2 Å². The third-order valence-electron chi connectivity index (χ3n) is 3.53. The van der Waals surface area contributed by atoms with Crippen LogP contribution in [0.15, 0.2) is 0 Å². The third kappa shape index (κ3) is 2.27. The molecule has 3 heteroatoms. The van der Waals surface area contributed by atoms with Crippen molar-refractivity contribution in [1.82, 2.24) is 5.32 Å². The van der Waals surface area contributed by atoms with E-state index in [0.29, 0.717) is 18.6 Å². The van der Waals surface area contributed by atoms with E-state index in [1.807, 2.05) is 0 Å². The Morgan fingerprint density at radius 3 is 2.71 bits per heavy atom. The average Bonchev–Trinajstić information content (AvgIpc) is 2.81. The predicted molar refractivity (Wildman–Crippen MR) is 55.2 cm³/mol. The molecule has 2 aliphatic rings. The molecule has 2 rings (SSSR count). The van der Waals surface area contributed by atoms with Gasteiger partial charge in [0, 0.05) is 6.54 Å². The molecule has 1 saturated carbocycles. The molecular formula is C11H21NO2. The van der Waals surface area contributed by atoms with E-state index in [4.69, 9.17) is 4.74 Å². The Labute approximate surface area is 85.8 Å². The zero-order valence-electron chi connectivity index (χ0n) is 8.96. The zero-order chi connectivity index (χ0) is 10.0. The van der Waals surface area contributed by atoms with Gasteiger partial charge in [-0.1, -0.05) is 13.3 Å². The monoisotopic (exact) mass is 199 g/mol. The van der Waals surface area contributed by atoms with Crippen LogP contribution in [0.5, 0.6) is 0 Å². The molecule has 0 spiro atoms. The van der Waals surface area contributed by atoms with E-state index in [9.17, 15) is 5.11 Å². The second kappa shape index (κ2) is 4.17. The van der Waals surface area contributed by atoms with Crippen molar-refractivity contribution in [3.63, 3.8) is 0 Å². The number of nitrogens with one attached hydrogen (secondary N) is 1. The lowest BCUT2D eigenvalue weighted by atomic mass is 10.0. The molecule has 14 heavy (non-hydrogen) atoms. The van der Waals surface area contributed by atoms with Gasteiger partial charge in [-0.25, -0.2) is 0 Å². The van der Waals surface area contributed by atoms with Crippen molar-refractivity contribution >= 4 is 0 Å². The van der Waals surface area contributed by atoms with Crippen LogP contribution in [0.25, 0.3) is 0 Å². The second-order valence-corrected chi connectivity index (χ2v) is 4.84. The summed E-state index contributed by atoms with van der Waals surface area (Å²) in [4.78, 5) is 0. The van der Waals surface area contributed by atoms with Gasteiger partial charge in [0.15, 0.2) is 0 Å². The Hall–Kier alpha value is -0.120. The van der Waals surface area contributed by atoms with Crippen molar-refractivity contribution in [2.24, 2.45) is 5.41 Å². The topological polar surface area (TPSA) is 41.5 Å². The summed E-state index contributed by atoms with van der Waals surface area (Å²) < 4.78 is 5.20. The molecule has 82 valence electrons. The number of hydrogen-bond acceptors (Lipinski definition) is 3. The second-order valence-electron chi connectivity index (χ2n) is 4.84. The van der Waals surface area contributed by atoms with Gasteiger partial charge in [-0.15, -0.1) is 0 Å². The molecule has 0 radical (unpaired) electrons. The molecule has 0 aromatic heterocycles. The Kier molecular flexibility index (Phi) is 3.10. The molecule has 1 heterocycles. The summed E-state index contributed by atoms with van der Waals surface area (Å²) in [6, 6.07) is 0.171. The van der Waals surface area contributed by atoms with E-state index in [0.717, 1.165) is 6.54 Å². The summed E-state index contributed by atoms with van der Waals surface area (Å²) in [6.45, 7) is 4.47. The fourth-order valence-electron chi connectivity index (χ4n) is 2.31. The summed E-state index contributed by atoms with van der Waals surface area (Å²) in [5, 5.41) is 13.0. The van der Waals surface area contributed by atoms with Crippen LogP contribution in [0, 0.1) is 5.41 Å². The average molecular weight is 199 g/mol. The summed E-state index contributed by atoms with van der Waals surface area (Å²) in [7, 11) is 0. The fraction of sp³-hybridized carbons (Fsp3) is 1.00. The summed E-state index contributed by atoms with van der Waals surface area (Å²) in [5.41, 5.74) is 0.567. The van der Waals surface area contributed by atoms with Crippen LogP contribution in [-0.2, 0) is 4.74 Å². The van der Waals surface area contributed by atoms with Crippen LogP contribution < -0.4 is 5.32 Å². The van der Waals surface area contributed by atoms with Gasteiger partial charge in [-0.3, -0.25) is 0 Å². The van der Waals surface area contributed by atoms with Crippen molar-refractivity contribution in [2.75, 3.05) is 19.8 Å². The highest BCUT2D eigenvalue weighted by atomic mass is 16.5. The van der Waals surface area contributed by atoms with Crippen LogP contribution in [0.4, 0.5) is 0 Å². The first-order chi connectivity index (χ1) is 6.76. The van der Waals surface area contributed by atoms with Gasteiger partial charge in [-0.2, -0.15) is 0 Å². The van der Waals surface area contributed by atoms with Gasteiger partial charge < -0.3 is 15.2 Å².